The fraction of sp³-hybridized carbons (Fsp3) is 0.909. The molecule has 1 rings (SSSR count). The third-order valence-electron chi connectivity index (χ3n) is 2.54. The maximum Gasteiger partial charge on any atom is 0.324 e. The number of morpholine rings is 1. The van der Waals surface area contributed by atoms with Gasteiger partial charge in [0.15, 0.2) is 0 Å². The van der Waals surface area contributed by atoms with Crippen LogP contribution in [0.4, 0.5) is 0 Å². The van der Waals surface area contributed by atoms with Gasteiger partial charge in [0.1, 0.15) is 6.04 Å². The predicted octanol–water partition coefficient (Wildman–Crippen LogP) is -0.0140. The second-order valence-electron chi connectivity index (χ2n) is 4.33. The molecule has 1 aliphatic heterocycles. The summed E-state index contributed by atoms with van der Waals surface area (Å²) in [5, 5.41) is 0. The van der Waals surface area contributed by atoms with Crippen LogP contribution in [0.15, 0.2) is 0 Å². The Morgan fingerprint density at radius 3 is 2.56 bits per heavy atom. The van der Waals surface area contributed by atoms with Crippen molar-refractivity contribution in [3.8, 4) is 0 Å². The van der Waals surface area contributed by atoms with Crippen molar-refractivity contribution < 1.29 is 14.3 Å². The maximum absolute atomic E-state index is 11.4. The molecule has 0 aromatic heterocycles. The molecule has 0 aromatic carbocycles. The Bertz CT molecular complexity index is 225. The van der Waals surface area contributed by atoms with Crippen LogP contribution < -0.4 is 5.73 Å². The highest BCUT2D eigenvalue weighted by atomic mass is 16.5. The number of hydrogen-bond acceptors (Lipinski definition) is 5. The normalized spacial score (nSPS) is 28.8. The highest BCUT2D eigenvalue weighted by Gasteiger charge is 2.25. The highest BCUT2D eigenvalue weighted by Crippen LogP contribution is 2.10. The van der Waals surface area contributed by atoms with E-state index in [1.165, 1.54) is 0 Å². The Labute approximate surface area is 96.9 Å². The fourth-order valence-corrected chi connectivity index (χ4v) is 2.04. The standard InChI is InChI=1S/C11H22N2O3/c1-4-15-11(14)10(12)7-13-5-8(2)16-9(3)6-13/h8-10H,4-7,12H2,1-3H3. The summed E-state index contributed by atoms with van der Waals surface area (Å²) in [6.45, 7) is 8.38. The topological polar surface area (TPSA) is 64.8 Å². The molecule has 0 aromatic rings. The first-order valence-corrected chi connectivity index (χ1v) is 5.83. The van der Waals surface area contributed by atoms with Gasteiger partial charge in [0.2, 0.25) is 0 Å². The van der Waals surface area contributed by atoms with E-state index in [0.717, 1.165) is 13.1 Å². The largest absolute Gasteiger partial charge is 0.465 e. The lowest BCUT2D eigenvalue weighted by molar-refractivity contribution is -0.146. The van der Waals surface area contributed by atoms with Gasteiger partial charge in [0.05, 0.1) is 18.8 Å². The molecule has 5 heteroatoms. The molecule has 0 saturated carbocycles. The van der Waals surface area contributed by atoms with Gasteiger partial charge in [0.25, 0.3) is 0 Å². The van der Waals surface area contributed by atoms with Crippen LogP contribution in [0.25, 0.3) is 0 Å². The second-order valence-corrected chi connectivity index (χ2v) is 4.33. The Morgan fingerprint density at radius 2 is 2.06 bits per heavy atom. The third kappa shape index (κ3) is 4.08. The van der Waals surface area contributed by atoms with E-state index in [1.807, 2.05) is 13.8 Å². The van der Waals surface area contributed by atoms with E-state index in [0.29, 0.717) is 13.2 Å². The van der Waals surface area contributed by atoms with Gasteiger partial charge in [0, 0.05) is 19.6 Å². The van der Waals surface area contributed by atoms with Crippen LogP contribution in [-0.4, -0.2) is 55.4 Å². The SMILES string of the molecule is CCOC(=O)C(N)CN1CC(C)OC(C)C1. The van der Waals surface area contributed by atoms with E-state index in [4.69, 9.17) is 15.2 Å². The molecular formula is C11H22N2O3. The van der Waals surface area contributed by atoms with Crippen LogP contribution >= 0.6 is 0 Å². The van der Waals surface area contributed by atoms with Gasteiger partial charge in [-0.2, -0.15) is 0 Å². The first kappa shape index (κ1) is 13.4. The summed E-state index contributed by atoms with van der Waals surface area (Å²) in [6, 6.07) is -0.558. The summed E-state index contributed by atoms with van der Waals surface area (Å²) in [5.74, 6) is -0.325. The van der Waals surface area contributed by atoms with Crippen molar-refractivity contribution in [3.05, 3.63) is 0 Å². The molecule has 1 saturated heterocycles. The van der Waals surface area contributed by atoms with Gasteiger partial charge in [-0.25, -0.2) is 0 Å². The minimum absolute atomic E-state index is 0.193. The van der Waals surface area contributed by atoms with E-state index < -0.39 is 6.04 Å². The molecule has 0 bridgehead atoms. The van der Waals surface area contributed by atoms with E-state index in [-0.39, 0.29) is 18.2 Å². The summed E-state index contributed by atoms with van der Waals surface area (Å²) in [5.41, 5.74) is 5.77. The summed E-state index contributed by atoms with van der Waals surface area (Å²) >= 11 is 0. The second kappa shape index (κ2) is 6.18. The van der Waals surface area contributed by atoms with Crippen molar-refractivity contribution in [3.63, 3.8) is 0 Å². The minimum Gasteiger partial charge on any atom is -0.465 e. The summed E-state index contributed by atoms with van der Waals surface area (Å²) in [7, 11) is 0. The molecule has 0 radical (unpaired) electrons. The first-order valence-electron chi connectivity index (χ1n) is 5.83. The van der Waals surface area contributed by atoms with Crippen molar-refractivity contribution in [2.75, 3.05) is 26.2 Å². The number of rotatable bonds is 4. The molecule has 1 heterocycles. The number of ether oxygens (including phenoxy) is 2. The Balaban J connectivity index is 2.38. The minimum atomic E-state index is -0.558. The Morgan fingerprint density at radius 1 is 1.50 bits per heavy atom. The lowest BCUT2D eigenvalue weighted by Crippen LogP contribution is -2.51. The van der Waals surface area contributed by atoms with Gasteiger partial charge in [-0.1, -0.05) is 0 Å². The summed E-state index contributed by atoms with van der Waals surface area (Å²) in [4.78, 5) is 13.5. The molecule has 0 aliphatic carbocycles. The van der Waals surface area contributed by atoms with Gasteiger partial charge >= 0.3 is 5.97 Å². The molecule has 3 unspecified atom stereocenters. The zero-order valence-corrected chi connectivity index (χ0v) is 10.3. The molecule has 3 atom stereocenters. The zero-order valence-electron chi connectivity index (χ0n) is 10.3. The molecular weight excluding hydrogens is 208 g/mol. The van der Waals surface area contributed by atoms with E-state index >= 15 is 0 Å². The smallest absolute Gasteiger partial charge is 0.324 e. The average Bonchev–Trinajstić information content (AvgIpc) is 2.16. The summed E-state index contributed by atoms with van der Waals surface area (Å²) in [6.07, 6.45) is 0.385. The summed E-state index contributed by atoms with van der Waals surface area (Å²) < 4.78 is 10.5. The number of nitrogens with zero attached hydrogens (tertiary/aromatic N) is 1. The molecule has 1 fully saturated rings. The van der Waals surface area contributed by atoms with Crippen molar-refractivity contribution in [2.45, 2.75) is 39.0 Å². The maximum atomic E-state index is 11.4. The quantitative estimate of drug-likeness (QED) is 0.688. The Hall–Kier alpha value is -0.650. The lowest BCUT2D eigenvalue weighted by Gasteiger charge is -2.36. The van der Waals surface area contributed by atoms with Crippen LogP contribution in [0.1, 0.15) is 20.8 Å². The van der Waals surface area contributed by atoms with Crippen LogP contribution in [0.3, 0.4) is 0 Å². The van der Waals surface area contributed by atoms with Gasteiger partial charge in [-0.05, 0) is 20.8 Å². The van der Waals surface area contributed by atoms with E-state index in [1.54, 1.807) is 6.92 Å². The van der Waals surface area contributed by atoms with Gasteiger partial charge < -0.3 is 15.2 Å². The molecule has 0 amide bonds. The molecule has 2 N–H and O–H groups in total. The van der Waals surface area contributed by atoms with Crippen molar-refractivity contribution in [1.29, 1.82) is 0 Å². The number of carbonyl (C=O) groups excluding carboxylic acids is 1. The highest BCUT2D eigenvalue weighted by molar-refractivity contribution is 5.75. The van der Waals surface area contributed by atoms with Gasteiger partial charge in [-0.3, -0.25) is 9.69 Å². The third-order valence-corrected chi connectivity index (χ3v) is 2.54. The Kier molecular flexibility index (Phi) is 5.18. The van der Waals surface area contributed by atoms with Gasteiger partial charge in [-0.15, -0.1) is 0 Å². The number of carbonyl (C=O) groups is 1. The predicted molar refractivity (Wildman–Crippen MR) is 61.1 cm³/mol. The van der Waals surface area contributed by atoms with Crippen molar-refractivity contribution in [2.24, 2.45) is 5.73 Å². The van der Waals surface area contributed by atoms with E-state index in [2.05, 4.69) is 4.90 Å². The van der Waals surface area contributed by atoms with Crippen LogP contribution in [0.2, 0.25) is 0 Å². The fourth-order valence-electron chi connectivity index (χ4n) is 2.04. The monoisotopic (exact) mass is 230 g/mol. The van der Waals surface area contributed by atoms with Crippen molar-refractivity contribution in [1.82, 2.24) is 4.90 Å². The number of esters is 1. The average molecular weight is 230 g/mol. The molecule has 1 aliphatic rings. The molecule has 94 valence electrons. The molecule has 5 nitrogen and oxygen atoms in total. The van der Waals surface area contributed by atoms with Crippen molar-refractivity contribution >= 4 is 5.97 Å². The molecule has 16 heavy (non-hydrogen) atoms. The first-order chi connectivity index (χ1) is 7.52. The van der Waals surface area contributed by atoms with Crippen LogP contribution in [0, 0.1) is 0 Å². The molecule has 0 spiro atoms. The van der Waals surface area contributed by atoms with E-state index in [9.17, 15) is 4.79 Å². The number of nitrogens with two attached hydrogens (primary N) is 1. The van der Waals surface area contributed by atoms with Crippen LogP contribution in [-0.2, 0) is 14.3 Å². The number of hydrogen-bond donors (Lipinski definition) is 1. The zero-order chi connectivity index (χ0) is 12.1. The van der Waals surface area contributed by atoms with Crippen LogP contribution in [0.5, 0.6) is 0 Å². The lowest BCUT2D eigenvalue weighted by atomic mass is 10.2.